The molecule has 0 aliphatic rings. The van der Waals surface area contributed by atoms with Crippen LogP contribution in [-0.4, -0.2) is 27.9 Å². The van der Waals surface area contributed by atoms with E-state index in [0.29, 0.717) is 13.0 Å². The van der Waals surface area contributed by atoms with E-state index in [1.807, 2.05) is 0 Å². The van der Waals surface area contributed by atoms with Crippen LogP contribution in [0.2, 0.25) is 0 Å². The van der Waals surface area contributed by atoms with Gasteiger partial charge in [-0.2, -0.15) is 0 Å². The molecule has 4 heteroatoms. The van der Waals surface area contributed by atoms with E-state index >= 15 is 0 Å². The van der Waals surface area contributed by atoms with Gasteiger partial charge < -0.3 is 14.4 Å². The summed E-state index contributed by atoms with van der Waals surface area (Å²) in [5.41, 5.74) is 7.03. The fourth-order valence-electron chi connectivity index (χ4n) is 3.24. The smallest absolute Gasteiger partial charge is 0.122 e. The number of aliphatic hydroxyl groups excluding tert-OH is 1. The van der Waals surface area contributed by atoms with Gasteiger partial charge in [-0.1, -0.05) is 12.1 Å². The Morgan fingerprint density at radius 3 is 2.54 bits per heavy atom. The first-order chi connectivity index (χ1) is 12.5. The second-order valence-corrected chi connectivity index (χ2v) is 7.05. The molecule has 0 aliphatic heterocycles. The standard InChI is InChI=1S/C22H28N2O2/c1-15-6-7-16(2)21(12-15)26-11-5-9-24-20-14-18(4)17(3)13-19(20)23-22(24)8-10-25/h6-7,12-14,25H,5,8-11H2,1-4H3. The maximum Gasteiger partial charge on any atom is 0.122 e. The molecule has 0 bridgehead atoms. The molecule has 0 saturated carbocycles. The Balaban J connectivity index is 1.74. The molecule has 0 radical (unpaired) electrons. The molecule has 4 nitrogen and oxygen atoms in total. The molecule has 0 unspecified atom stereocenters. The molecule has 26 heavy (non-hydrogen) atoms. The minimum Gasteiger partial charge on any atom is -0.493 e. The topological polar surface area (TPSA) is 47.3 Å². The molecular weight excluding hydrogens is 324 g/mol. The van der Waals surface area contributed by atoms with E-state index in [4.69, 9.17) is 9.72 Å². The Hall–Kier alpha value is -2.33. The average Bonchev–Trinajstić information content (AvgIpc) is 2.92. The van der Waals surface area contributed by atoms with Crippen LogP contribution in [0.5, 0.6) is 5.75 Å². The first-order valence-electron chi connectivity index (χ1n) is 9.27. The van der Waals surface area contributed by atoms with Crippen LogP contribution in [0.1, 0.15) is 34.5 Å². The predicted octanol–water partition coefficient (Wildman–Crippen LogP) is 4.27. The van der Waals surface area contributed by atoms with Gasteiger partial charge in [0.2, 0.25) is 0 Å². The lowest BCUT2D eigenvalue weighted by Crippen LogP contribution is -2.09. The zero-order chi connectivity index (χ0) is 18.7. The minimum atomic E-state index is 0.111. The summed E-state index contributed by atoms with van der Waals surface area (Å²) in [7, 11) is 0. The first kappa shape index (κ1) is 18.5. The molecule has 138 valence electrons. The van der Waals surface area contributed by atoms with Crippen molar-refractivity contribution >= 4 is 11.0 Å². The number of aryl methyl sites for hydroxylation is 5. The minimum absolute atomic E-state index is 0.111. The van der Waals surface area contributed by atoms with Crippen molar-refractivity contribution in [2.24, 2.45) is 0 Å². The summed E-state index contributed by atoms with van der Waals surface area (Å²) in [5.74, 6) is 1.90. The molecule has 1 N–H and O–H groups in total. The summed E-state index contributed by atoms with van der Waals surface area (Å²) in [5, 5.41) is 9.38. The zero-order valence-electron chi connectivity index (χ0n) is 16.2. The highest BCUT2D eigenvalue weighted by Gasteiger charge is 2.12. The summed E-state index contributed by atoms with van der Waals surface area (Å²) in [4.78, 5) is 4.73. The van der Waals surface area contributed by atoms with Crippen LogP contribution in [0.25, 0.3) is 11.0 Å². The molecule has 0 fully saturated rings. The number of aliphatic hydroxyl groups is 1. The van der Waals surface area contributed by atoms with Crippen LogP contribution < -0.4 is 4.74 Å². The van der Waals surface area contributed by atoms with Crippen molar-refractivity contribution in [1.29, 1.82) is 0 Å². The molecule has 0 aliphatic carbocycles. The number of aromatic nitrogens is 2. The number of imidazole rings is 1. The maximum absolute atomic E-state index is 9.38. The quantitative estimate of drug-likeness (QED) is 0.646. The van der Waals surface area contributed by atoms with Crippen molar-refractivity contribution < 1.29 is 9.84 Å². The van der Waals surface area contributed by atoms with Crippen LogP contribution in [0.15, 0.2) is 30.3 Å². The van der Waals surface area contributed by atoms with Crippen molar-refractivity contribution in [2.45, 2.75) is 47.1 Å². The van der Waals surface area contributed by atoms with Crippen LogP contribution in [0, 0.1) is 27.7 Å². The molecule has 1 heterocycles. The molecule has 0 spiro atoms. The van der Waals surface area contributed by atoms with Gasteiger partial charge in [0.15, 0.2) is 0 Å². The number of nitrogens with zero attached hydrogens (tertiary/aromatic N) is 2. The third-order valence-corrected chi connectivity index (χ3v) is 4.91. The normalized spacial score (nSPS) is 11.3. The average molecular weight is 352 g/mol. The summed E-state index contributed by atoms with van der Waals surface area (Å²) < 4.78 is 8.21. The molecule has 2 aromatic carbocycles. The van der Waals surface area contributed by atoms with E-state index in [0.717, 1.165) is 41.1 Å². The molecule has 3 rings (SSSR count). The Morgan fingerprint density at radius 2 is 1.77 bits per heavy atom. The molecule has 1 aromatic heterocycles. The number of hydrogen-bond acceptors (Lipinski definition) is 3. The van der Waals surface area contributed by atoms with E-state index in [1.165, 1.54) is 16.7 Å². The summed E-state index contributed by atoms with van der Waals surface area (Å²) in [6.07, 6.45) is 1.47. The molecule has 0 amide bonds. The Labute approximate surface area is 155 Å². The van der Waals surface area contributed by atoms with E-state index in [9.17, 15) is 5.11 Å². The second-order valence-electron chi connectivity index (χ2n) is 7.05. The fourth-order valence-corrected chi connectivity index (χ4v) is 3.24. The molecule has 0 atom stereocenters. The SMILES string of the molecule is Cc1ccc(C)c(OCCCn2c(CCO)nc3cc(C)c(C)cc32)c1. The highest BCUT2D eigenvalue weighted by molar-refractivity contribution is 5.78. The Bertz CT molecular complexity index is 912. The number of benzene rings is 2. The lowest BCUT2D eigenvalue weighted by molar-refractivity contribution is 0.289. The lowest BCUT2D eigenvalue weighted by Gasteiger charge is -2.12. The van der Waals surface area contributed by atoms with Gasteiger partial charge in [-0.25, -0.2) is 4.98 Å². The van der Waals surface area contributed by atoms with Crippen LogP contribution >= 0.6 is 0 Å². The Kier molecular flexibility index (Phi) is 5.62. The first-order valence-corrected chi connectivity index (χ1v) is 9.27. The molecule has 0 saturated heterocycles. The molecule has 3 aromatic rings. The van der Waals surface area contributed by atoms with Crippen molar-refractivity contribution in [1.82, 2.24) is 9.55 Å². The highest BCUT2D eigenvalue weighted by Crippen LogP contribution is 2.22. The Morgan fingerprint density at radius 1 is 1.00 bits per heavy atom. The van der Waals surface area contributed by atoms with E-state index < -0.39 is 0 Å². The zero-order valence-corrected chi connectivity index (χ0v) is 16.2. The third-order valence-electron chi connectivity index (χ3n) is 4.91. The predicted molar refractivity (Wildman–Crippen MR) is 106 cm³/mol. The highest BCUT2D eigenvalue weighted by atomic mass is 16.5. The summed E-state index contributed by atoms with van der Waals surface area (Å²) in [6, 6.07) is 10.6. The van der Waals surface area contributed by atoms with Crippen molar-refractivity contribution in [3.05, 3.63) is 58.4 Å². The number of ether oxygens (including phenoxy) is 1. The lowest BCUT2D eigenvalue weighted by atomic mass is 10.1. The van der Waals surface area contributed by atoms with Gasteiger partial charge in [0, 0.05) is 13.0 Å². The van der Waals surface area contributed by atoms with Gasteiger partial charge in [0.1, 0.15) is 11.6 Å². The van der Waals surface area contributed by atoms with Gasteiger partial charge in [-0.3, -0.25) is 0 Å². The van der Waals surface area contributed by atoms with Crippen LogP contribution in [0.3, 0.4) is 0 Å². The van der Waals surface area contributed by atoms with Crippen molar-refractivity contribution in [3.63, 3.8) is 0 Å². The van der Waals surface area contributed by atoms with Gasteiger partial charge in [-0.05, 0) is 74.6 Å². The van der Waals surface area contributed by atoms with Crippen LogP contribution in [-0.2, 0) is 13.0 Å². The van der Waals surface area contributed by atoms with Gasteiger partial charge in [-0.15, -0.1) is 0 Å². The number of rotatable bonds is 7. The largest absolute Gasteiger partial charge is 0.493 e. The second kappa shape index (κ2) is 7.92. The van der Waals surface area contributed by atoms with Gasteiger partial charge in [0.05, 0.1) is 24.2 Å². The van der Waals surface area contributed by atoms with Gasteiger partial charge >= 0.3 is 0 Å². The van der Waals surface area contributed by atoms with Crippen LogP contribution in [0.4, 0.5) is 0 Å². The fraction of sp³-hybridized carbons (Fsp3) is 0.409. The maximum atomic E-state index is 9.38. The van der Waals surface area contributed by atoms with E-state index in [1.54, 1.807) is 0 Å². The monoisotopic (exact) mass is 352 g/mol. The number of hydrogen-bond donors (Lipinski definition) is 1. The van der Waals surface area contributed by atoms with E-state index in [-0.39, 0.29) is 6.61 Å². The summed E-state index contributed by atoms with van der Waals surface area (Å²) in [6.45, 7) is 9.99. The molecular formula is C22H28N2O2. The summed E-state index contributed by atoms with van der Waals surface area (Å²) >= 11 is 0. The van der Waals surface area contributed by atoms with Crippen molar-refractivity contribution in [3.8, 4) is 5.75 Å². The third kappa shape index (κ3) is 3.91. The van der Waals surface area contributed by atoms with Gasteiger partial charge in [0.25, 0.3) is 0 Å². The number of fused-ring (bicyclic) bond motifs is 1. The van der Waals surface area contributed by atoms with E-state index in [2.05, 4.69) is 62.6 Å². The van der Waals surface area contributed by atoms with Crippen molar-refractivity contribution in [2.75, 3.05) is 13.2 Å².